The first-order valence-corrected chi connectivity index (χ1v) is 7.73. The lowest BCUT2D eigenvalue weighted by atomic mass is 9.85. The van der Waals surface area contributed by atoms with Crippen LogP contribution in [0.1, 0.15) is 31.0 Å². The molecule has 3 nitrogen and oxygen atoms in total. The number of hydrogen-bond donors (Lipinski definition) is 2. The molecule has 1 amide bonds. The third kappa shape index (κ3) is 2.91. The van der Waals surface area contributed by atoms with Crippen molar-refractivity contribution in [2.75, 3.05) is 0 Å². The highest BCUT2D eigenvalue weighted by Crippen LogP contribution is 2.46. The zero-order valence-corrected chi connectivity index (χ0v) is 13.6. The lowest BCUT2D eigenvalue weighted by Crippen LogP contribution is -2.34. The molecule has 5 heteroatoms. The second-order valence-electron chi connectivity index (χ2n) is 6.59. The van der Waals surface area contributed by atoms with E-state index in [-0.39, 0.29) is 16.5 Å². The Morgan fingerprint density at radius 2 is 1.91 bits per heavy atom. The Labute approximate surface area is 139 Å². The van der Waals surface area contributed by atoms with E-state index >= 15 is 0 Å². The van der Waals surface area contributed by atoms with Crippen molar-refractivity contribution in [3.8, 4) is 11.1 Å². The van der Waals surface area contributed by atoms with Gasteiger partial charge in [0.15, 0.2) is 0 Å². The topological polar surface area (TPSA) is 49.3 Å². The summed E-state index contributed by atoms with van der Waals surface area (Å²) in [6.07, 6.45) is -0.249. The summed E-state index contributed by atoms with van der Waals surface area (Å²) >= 11 is 5.86. The van der Waals surface area contributed by atoms with E-state index in [0.29, 0.717) is 0 Å². The second-order valence-corrected chi connectivity index (χ2v) is 7.00. The summed E-state index contributed by atoms with van der Waals surface area (Å²) in [7, 11) is 0. The zero-order chi connectivity index (χ0) is 16.8. The summed E-state index contributed by atoms with van der Waals surface area (Å²) in [6.45, 7) is 4.09. The smallest absolute Gasteiger partial charge is 0.405 e. The number of halogens is 2. The van der Waals surface area contributed by atoms with Crippen molar-refractivity contribution in [3.05, 3.63) is 58.4 Å². The zero-order valence-electron chi connectivity index (χ0n) is 12.9. The van der Waals surface area contributed by atoms with Gasteiger partial charge in [-0.05, 0) is 46.2 Å². The molecule has 2 aromatic carbocycles. The normalized spacial score (nSPS) is 18.5. The van der Waals surface area contributed by atoms with Gasteiger partial charge in [-0.1, -0.05) is 49.7 Å². The standard InChI is InChI=1S/C18H17ClFNO2/c1-18(2)9-12-7-10(11-4-6-15(20)14(19)8-11)3-5-13(12)16(18)21-17(22)23/h3-8,16,21H,9H2,1-2H3,(H,22,23). The monoisotopic (exact) mass is 333 g/mol. The number of rotatable bonds is 2. The number of nitrogens with one attached hydrogen (secondary N) is 1. The van der Waals surface area contributed by atoms with Crippen LogP contribution < -0.4 is 5.32 Å². The Balaban J connectivity index is 2.01. The summed E-state index contributed by atoms with van der Waals surface area (Å²) in [6, 6.07) is 10.3. The van der Waals surface area contributed by atoms with Crippen molar-refractivity contribution in [2.45, 2.75) is 26.3 Å². The van der Waals surface area contributed by atoms with Crippen LogP contribution in [0.5, 0.6) is 0 Å². The fourth-order valence-corrected chi connectivity index (χ4v) is 3.49. The molecule has 2 N–H and O–H groups in total. The maximum Gasteiger partial charge on any atom is 0.405 e. The number of fused-ring (bicyclic) bond motifs is 1. The van der Waals surface area contributed by atoms with E-state index in [0.717, 1.165) is 28.7 Å². The van der Waals surface area contributed by atoms with Crippen molar-refractivity contribution >= 4 is 17.7 Å². The van der Waals surface area contributed by atoms with Crippen LogP contribution in [0.3, 0.4) is 0 Å². The molecule has 0 aromatic heterocycles. The Morgan fingerprint density at radius 1 is 1.26 bits per heavy atom. The summed E-state index contributed by atoms with van der Waals surface area (Å²) in [4.78, 5) is 11.0. The first-order valence-electron chi connectivity index (χ1n) is 7.35. The molecule has 0 spiro atoms. The first kappa shape index (κ1) is 15.8. The third-order valence-electron chi connectivity index (χ3n) is 4.40. The predicted octanol–water partition coefficient (Wildman–Crippen LogP) is 5.04. The minimum absolute atomic E-state index is 0.0914. The molecule has 1 atom stereocenters. The van der Waals surface area contributed by atoms with Crippen molar-refractivity contribution < 1.29 is 14.3 Å². The van der Waals surface area contributed by atoms with Crippen LogP contribution in [0, 0.1) is 11.2 Å². The summed E-state index contributed by atoms with van der Waals surface area (Å²) in [5.41, 5.74) is 3.69. The van der Waals surface area contributed by atoms with E-state index in [4.69, 9.17) is 16.7 Å². The van der Waals surface area contributed by atoms with E-state index in [1.807, 2.05) is 32.0 Å². The first-order chi connectivity index (χ1) is 10.8. The number of hydrogen-bond acceptors (Lipinski definition) is 1. The second kappa shape index (κ2) is 5.53. The van der Waals surface area contributed by atoms with Crippen molar-refractivity contribution in [3.63, 3.8) is 0 Å². The van der Waals surface area contributed by atoms with Crippen LogP contribution in [-0.2, 0) is 6.42 Å². The van der Waals surface area contributed by atoms with E-state index in [1.165, 1.54) is 6.07 Å². The van der Waals surface area contributed by atoms with Crippen LogP contribution in [0.15, 0.2) is 36.4 Å². The predicted molar refractivity (Wildman–Crippen MR) is 88.2 cm³/mol. The number of carboxylic acid groups (broad SMARTS) is 1. The van der Waals surface area contributed by atoms with Gasteiger partial charge in [0.25, 0.3) is 0 Å². The molecule has 0 heterocycles. The van der Waals surface area contributed by atoms with Crippen LogP contribution in [-0.4, -0.2) is 11.2 Å². The van der Waals surface area contributed by atoms with Crippen molar-refractivity contribution in [2.24, 2.45) is 5.41 Å². The van der Waals surface area contributed by atoms with Crippen LogP contribution in [0.25, 0.3) is 11.1 Å². The van der Waals surface area contributed by atoms with Gasteiger partial charge in [-0.3, -0.25) is 0 Å². The van der Waals surface area contributed by atoms with Gasteiger partial charge >= 0.3 is 6.09 Å². The third-order valence-corrected chi connectivity index (χ3v) is 4.69. The van der Waals surface area contributed by atoms with Gasteiger partial charge in [0.1, 0.15) is 5.82 Å². The molecule has 2 aromatic rings. The van der Waals surface area contributed by atoms with Crippen LogP contribution in [0.4, 0.5) is 9.18 Å². The lowest BCUT2D eigenvalue weighted by Gasteiger charge is -2.27. The highest BCUT2D eigenvalue weighted by molar-refractivity contribution is 6.31. The summed E-state index contributed by atoms with van der Waals surface area (Å²) < 4.78 is 13.3. The number of benzene rings is 2. The minimum atomic E-state index is -1.02. The van der Waals surface area contributed by atoms with Crippen LogP contribution in [0.2, 0.25) is 5.02 Å². The van der Waals surface area contributed by atoms with Gasteiger partial charge in [-0.2, -0.15) is 0 Å². The van der Waals surface area contributed by atoms with Gasteiger partial charge < -0.3 is 10.4 Å². The van der Waals surface area contributed by atoms with Crippen LogP contribution >= 0.6 is 11.6 Å². The van der Waals surface area contributed by atoms with Gasteiger partial charge in [0.05, 0.1) is 11.1 Å². The van der Waals surface area contributed by atoms with E-state index in [9.17, 15) is 9.18 Å². The Morgan fingerprint density at radius 3 is 2.57 bits per heavy atom. The Kier molecular flexibility index (Phi) is 3.80. The Bertz CT molecular complexity index is 789. The van der Waals surface area contributed by atoms with Gasteiger partial charge in [0.2, 0.25) is 0 Å². The largest absolute Gasteiger partial charge is 0.465 e. The molecule has 0 saturated heterocycles. The maximum absolute atomic E-state index is 13.3. The van der Waals surface area contributed by atoms with Gasteiger partial charge in [0, 0.05) is 0 Å². The molecule has 0 saturated carbocycles. The quantitative estimate of drug-likeness (QED) is 0.809. The lowest BCUT2D eigenvalue weighted by molar-refractivity contribution is 0.175. The maximum atomic E-state index is 13.3. The molecule has 120 valence electrons. The number of carbonyl (C=O) groups is 1. The van der Waals surface area contributed by atoms with E-state index in [1.54, 1.807) is 12.1 Å². The van der Waals surface area contributed by atoms with Crippen molar-refractivity contribution in [1.29, 1.82) is 0 Å². The average Bonchev–Trinajstić information content (AvgIpc) is 2.71. The molecule has 1 aliphatic rings. The fourth-order valence-electron chi connectivity index (χ4n) is 3.31. The summed E-state index contributed by atoms with van der Waals surface area (Å²) in [5, 5.41) is 11.8. The fraction of sp³-hybridized carbons (Fsp3) is 0.278. The Hall–Kier alpha value is -2.07. The van der Waals surface area contributed by atoms with E-state index < -0.39 is 11.9 Å². The van der Waals surface area contributed by atoms with Gasteiger partial charge in [-0.15, -0.1) is 0 Å². The molecule has 23 heavy (non-hydrogen) atoms. The number of amides is 1. The average molecular weight is 334 g/mol. The molecule has 0 bridgehead atoms. The molecular weight excluding hydrogens is 317 g/mol. The van der Waals surface area contributed by atoms with Gasteiger partial charge in [-0.25, -0.2) is 9.18 Å². The SMILES string of the molecule is CC1(C)Cc2cc(-c3ccc(F)c(Cl)c3)ccc2C1NC(=O)O. The highest BCUT2D eigenvalue weighted by Gasteiger charge is 2.39. The summed E-state index contributed by atoms with van der Waals surface area (Å²) in [5.74, 6) is -0.441. The molecule has 1 aliphatic carbocycles. The molecule has 3 rings (SSSR count). The van der Waals surface area contributed by atoms with Crippen molar-refractivity contribution in [1.82, 2.24) is 5.32 Å². The molecule has 0 fully saturated rings. The molecule has 0 radical (unpaired) electrons. The molecular formula is C18H17ClFNO2. The van der Waals surface area contributed by atoms with E-state index in [2.05, 4.69) is 5.32 Å². The molecule has 1 unspecified atom stereocenters. The molecule has 0 aliphatic heterocycles. The minimum Gasteiger partial charge on any atom is -0.465 e. The highest BCUT2D eigenvalue weighted by atomic mass is 35.5.